The lowest BCUT2D eigenvalue weighted by Gasteiger charge is -2.05. The lowest BCUT2D eigenvalue weighted by Crippen LogP contribution is -2.36. The lowest BCUT2D eigenvalue weighted by molar-refractivity contribution is -0.384. The molecule has 1 aliphatic carbocycles. The maximum absolute atomic E-state index is 11.6. The first-order valence-corrected chi connectivity index (χ1v) is 6.78. The fourth-order valence-electron chi connectivity index (χ4n) is 3.07. The Morgan fingerprint density at radius 1 is 1.05 bits per heavy atom. The average Bonchev–Trinajstić information content (AvgIpc) is 3.16. The summed E-state index contributed by atoms with van der Waals surface area (Å²) in [5, 5.41) is 20.2. The summed E-state index contributed by atoms with van der Waals surface area (Å²) in [5.41, 5.74) is 6.26. The molecule has 0 heterocycles. The van der Waals surface area contributed by atoms with Crippen LogP contribution in [-0.4, -0.2) is 21.5 Å². The zero-order chi connectivity index (χ0) is 15.9. The summed E-state index contributed by atoms with van der Waals surface area (Å²) in [5.74, 6) is -1.80. The highest BCUT2D eigenvalue weighted by Gasteiger charge is 2.68. The van der Waals surface area contributed by atoms with Crippen molar-refractivity contribution in [1.82, 2.24) is 0 Å². The van der Waals surface area contributed by atoms with Gasteiger partial charge in [0, 0.05) is 24.0 Å². The van der Waals surface area contributed by atoms with Crippen LogP contribution in [0.5, 0.6) is 0 Å². The van der Waals surface area contributed by atoms with Gasteiger partial charge in [0.2, 0.25) is 0 Å². The number of nitrogens with zero attached hydrogens (tertiary/aromatic N) is 1. The molecule has 0 amide bonds. The molecule has 0 unspecified atom stereocenters. The van der Waals surface area contributed by atoms with Crippen molar-refractivity contribution in [2.24, 2.45) is 5.73 Å². The van der Waals surface area contributed by atoms with E-state index in [1.807, 2.05) is 30.3 Å². The van der Waals surface area contributed by atoms with E-state index in [1.165, 1.54) is 12.1 Å². The van der Waals surface area contributed by atoms with Gasteiger partial charge in [-0.15, -0.1) is 0 Å². The molecule has 1 aliphatic rings. The number of carboxylic acid groups (broad SMARTS) is 1. The van der Waals surface area contributed by atoms with Crippen molar-refractivity contribution in [3.05, 3.63) is 75.8 Å². The van der Waals surface area contributed by atoms with Crippen LogP contribution in [0.2, 0.25) is 0 Å². The van der Waals surface area contributed by atoms with Crippen molar-refractivity contribution in [3.8, 4) is 0 Å². The number of hydrogen-bond acceptors (Lipinski definition) is 4. The van der Waals surface area contributed by atoms with E-state index in [-0.39, 0.29) is 11.6 Å². The minimum absolute atomic E-state index is 0.0291. The number of aliphatic carboxylic acids is 1. The van der Waals surface area contributed by atoms with Crippen molar-refractivity contribution in [3.63, 3.8) is 0 Å². The predicted octanol–water partition coefficient (Wildman–Crippen LogP) is 2.26. The van der Waals surface area contributed by atoms with Crippen LogP contribution >= 0.6 is 0 Å². The highest BCUT2D eigenvalue weighted by Crippen LogP contribution is 2.62. The number of carbonyl (C=O) groups is 1. The number of nitro benzene ring substituents is 1. The molecule has 6 nitrogen and oxygen atoms in total. The van der Waals surface area contributed by atoms with Crippen LogP contribution in [-0.2, 0) is 4.79 Å². The molecule has 2 aromatic rings. The van der Waals surface area contributed by atoms with Crippen LogP contribution < -0.4 is 5.73 Å². The quantitative estimate of drug-likeness (QED) is 0.665. The minimum atomic E-state index is -1.38. The van der Waals surface area contributed by atoms with E-state index >= 15 is 0 Å². The maximum atomic E-state index is 11.6. The number of non-ortho nitro benzene ring substituents is 1. The third-order valence-corrected chi connectivity index (χ3v) is 4.25. The Kier molecular flexibility index (Phi) is 3.18. The molecule has 3 atom stereocenters. The van der Waals surface area contributed by atoms with Crippen molar-refractivity contribution in [2.45, 2.75) is 17.4 Å². The normalized spacial score (nSPS) is 26.4. The number of carboxylic acids is 1. The van der Waals surface area contributed by atoms with E-state index < -0.39 is 22.3 Å². The fourth-order valence-corrected chi connectivity index (χ4v) is 3.07. The molecule has 1 saturated carbocycles. The summed E-state index contributed by atoms with van der Waals surface area (Å²) >= 11 is 0. The second-order valence-electron chi connectivity index (χ2n) is 5.45. The molecule has 0 spiro atoms. The van der Waals surface area contributed by atoms with E-state index in [2.05, 4.69) is 0 Å². The summed E-state index contributed by atoms with van der Waals surface area (Å²) in [6.07, 6.45) is 0. The van der Waals surface area contributed by atoms with Crippen molar-refractivity contribution in [1.29, 1.82) is 0 Å². The zero-order valence-electron chi connectivity index (χ0n) is 11.5. The van der Waals surface area contributed by atoms with Gasteiger partial charge in [0.05, 0.1) is 4.92 Å². The number of benzene rings is 2. The Balaban J connectivity index is 1.98. The molecule has 0 radical (unpaired) electrons. The van der Waals surface area contributed by atoms with Crippen LogP contribution in [0.4, 0.5) is 5.69 Å². The van der Waals surface area contributed by atoms with Crippen LogP contribution in [0.3, 0.4) is 0 Å². The van der Waals surface area contributed by atoms with Crippen LogP contribution in [0, 0.1) is 10.1 Å². The number of hydrogen-bond donors (Lipinski definition) is 2. The highest BCUT2D eigenvalue weighted by molar-refractivity contribution is 5.88. The van der Waals surface area contributed by atoms with E-state index in [0.29, 0.717) is 5.56 Å². The van der Waals surface area contributed by atoms with Crippen LogP contribution in [0.1, 0.15) is 23.0 Å². The fraction of sp³-hybridized carbons (Fsp3) is 0.188. The third kappa shape index (κ3) is 2.05. The minimum Gasteiger partial charge on any atom is -0.480 e. The molecule has 1 fully saturated rings. The predicted molar refractivity (Wildman–Crippen MR) is 79.6 cm³/mol. The SMILES string of the molecule is N[C@]1(C(=O)O)[C@@H](c2ccccc2)[C@@H]1c1ccc([N+](=O)[O-])cc1. The molecule has 0 aromatic heterocycles. The number of rotatable bonds is 4. The molecular weight excluding hydrogens is 284 g/mol. The Hall–Kier alpha value is -2.73. The molecule has 6 heteroatoms. The van der Waals surface area contributed by atoms with Gasteiger partial charge in [-0.3, -0.25) is 14.9 Å². The smallest absolute Gasteiger partial charge is 0.325 e. The van der Waals surface area contributed by atoms with Crippen molar-refractivity contribution >= 4 is 11.7 Å². The summed E-state index contributed by atoms with van der Waals surface area (Å²) in [6, 6.07) is 15.1. The largest absolute Gasteiger partial charge is 0.480 e. The van der Waals surface area contributed by atoms with E-state index in [4.69, 9.17) is 5.73 Å². The van der Waals surface area contributed by atoms with Crippen LogP contribution in [0.15, 0.2) is 54.6 Å². The topological polar surface area (TPSA) is 106 Å². The van der Waals surface area contributed by atoms with Crippen molar-refractivity contribution < 1.29 is 14.8 Å². The molecule has 0 saturated heterocycles. The van der Waals surface area contributed by atoms with Gasteiger partial charge in [-0.1, -0.05) is 42.5 Å². The van der Waals surface area contributed by atoms with E-state index in [9.17, 15) is 20.0 Å². The average molecular weight is 298 g/mol. The van der Waals surface area contributed by atoms with Gasteiger partial charge in [0.1, 0.15) is 5.54 Å². The van der Waals surface area contributed by atoms with Crippen LogP contribution in [0.25, 0.3) is 0 Å². The summed E-state index contributed by atoms with van der Waals surface area (Å²) in [7, 11) is 0. The molecule has 0 aliphatic heterocycles. The third-order valence-electron chi connectivity index (χ3n) is 4.25. The van der Waals surface area contributed by atoms with Gasteiger partial charge >= 0.3 is 5.97 Å². The van der Waals surface area contributed by atoms with Crippen molar-refractivity contribution in [2.75, 3.05) is 0 Å². The highest BCUT2D eigenvalue weighted by atomic mass is 16.6. The number of nitro groups is 1. The molecule has 22 heavy (non-hydrogen) atoms. The standard InChI is InChI=1S/C16H14N2O4/c17-16(15(19)20)13(10-4-2-1-3-5-10)14(16)11-6-8-12(9-7-11)18(21)22/h1-9,13-14H,17H2,(H,19,20)/t13-,14-,16+/m0/s1. The molecule has 2 aromatic carbocycles. The molecule has 3 N–H and O–H groups in total. The summed E-state index contributed by atoms with van der Waals surface area (Å²) in [6.45, 7) is 0. The first-order chi connectivity index (χ1) is 10.5. The lowest BCUT2D eigenvalue weighted by atomic mass is 10.0. The van der Waals surface area contributed by atoms with Gasteiger partial charge in [0.15, 0.2) is 0 Å². The summed E-state index contributed by atoms with van der Waals surface area (Å²) in [4.78, 5) is 21.8. The van der Waals surface area contributed by atoms with Gasteiger partial charge in [-0.2, -0.15) is 0 Å². The second-order valence-corrected chi connectivity index (χ2v) is 5.45. The Labute approximate surface area is 126 Å². The van der Waals surface area contributed by atoms with E-state index in [1.54, 1.807) is 12.1 Å². The molecule has 0 bridgehead atoms. The number of nitrogens with two attached hydrogens (primary N) is 1. The Morgan fingerprint density at radius 3 is 2.00 bits per heavy atom. The first kappa shape index (κ1) is 14.2. The Morgan fingerprint density at radius 2 is 1.55 bits per heavy atom. The molecular formula is C16H14N2O4. The second kappa shape index (κ2) is 4.92. The molecule has 112 valence electrons. The first-order valence-electron chi connectivity index (χ1n) is 6.78. The Bertz CT molecular complexity index is 730. The molecule has 3 rings (SSSR count). The van der Waals surface area contributed by atoms with Gasteiger partial charge in [0.25, 0.3) is 5.69 Å². The summed E-state index contributed by atoms with van der Waals surface area (Å²) < 4.78 is 0. The zero-order valence-corrected chi connectivity index (χ0v) is 11.5. The van der Waals surface area contributed by atoms with Gasteiger partial charge < -0.3 is 10.8 Å². The monoisotopic (exact) mass is 298 g/mol. The van der Waals surface area contributed by atoms with E-state index in [0.717, 1.165) is 5.56 Å². The van der Waals surface area contributed by atoms with Gasteiger partial charge in [-0.05, 0) is 11.1 Å². The van der Waals surface area contributed by atoms with Gasteiger partial charge in [-0.25, -0.2) is 0 Å². The maximum Gasteiger partial charge on any atom is 0.325 e.